The van der Waals surface area contributed by atoms with Crippen molar-refractivity contribution in [1.29, 1.82) is 0 Å². The number of rotatable bonds is 7. The monoisotopic (exact) mass is 365 g/mol. The van der Waals surface area contributed by atoms with E-state index in [0.717, 1.165) is 0 Å². The minimum absolute atomic E-state index is 0.0559. The van der Waals surface area contributed by atoms with E-state index in [9.17, 15) is 13.6 Å². The van der Waals surface area contributed by atoms with Gasteiger partial charge >= 0.3 is 6.61 Å². The Morgan fingerprint density at radius 2 is 2.20 bits per heavy atom. The summed E-state index contributed by atoms with van der Waals surface area (Å²) in [4.78, 5) is 22.8. The minimum atomic E-state index is -2.88. The second-order valence-electron chi connectivity index (χ2n) is 4.88. The lowest BCUT2D eigenvalue weighted by atomic mass is 10.2. The highest BCUT2D eigenvalue weighted by atomic mass is 32.2. The molecule has 0 saturated heterocycles. The molecule has 0 atom stereocenters. The molecule has 2 heterocycles. The van der Waals surface area contributed by atoms with Crippen molar-refractivity contribution >= 4 is 29.1 Å². The summed E-state index contributed by atoms with van der Waals surface area (Å²) in [5.74, 6) is 0.908. The van der Waals surface area contributed by atoms with E-state index in [2.05, 4.69) is 19.7 Å². The lowest BCUT2D eigenvalue weighted by Crippen LogP contribution is -2.01. The lowest BCUT2D eigenvalue weighted by molar-refractivity contribution is -0.0497. The Bertz CT molecular complexity index is 901. The molecule has 0 saturated carbocycles. The van der Waals surface area contributed by atoms with Gasteiger partial charge in [0.1, 0.15) is 11.5 Å². The second kappa shape index (κ2) is 7.47. The number of methoxy groups -OCH3 is 1. The molecular formula is C16H13F2N3O3S. The molecule has 0 aliphatic heterocycles. The van der Waals surface area contributed by atoms with Gasteiger partial charge in [-0.1, -0.05) is 11.8 Å². The van der Waals surface area contributed by atoms with Crippen LogP contribution in [0.1, 0.15) is 16.1 Å². The van der Waals surface area contributed by atoms with Crippen LogP contribution in [0.2, 0.25) is 0 Å². The van der Waals surface area contributed by atoms with Gasteiger partial charge in [-0.15, -0.1) is 0 Å². The first-order valence-corrected chi connectivity index (χ1v) is 8.13. The Morgan fingerprint density at radius 3 is 2.92 bits per heavy atom. The van der Waals surface area contributed by atoms with Gasteiger partial charge in [-0.2, -0.15) is 8.78 Å². The number of nitrogens with one attached hydrogen (secondary N) is 1. The van der Waals surface area contributed by atoms with Crippen molar-refractivity contribution in [2.45, 2.75) is 17.5 Å². The summed E-state index contributed by atoms with van der Waals surface area (Å²) in [6, 6.07) is 6.09. The number of aromatic amines is 1. The normalized spacial score (nSPS) is 11.0. The maximum atomic E-state index is 12.3. The molecule has 3 aromatic rings. The first-order chi connectivity index (χ1) is 12.1. The van der Waals surface area contributed by atoms with Gasteiger partial charge in [0.05, 0.1) is 29.4 Å². The lowest BCUT2D eigenvalue weighted by Gasteiger charge is -2.07. The molecule has 130 valence electrons. The van der Waals surface area contributed by atoms with E-state index >= 15 is 0 Å². The molecule has 25 heavy (non-hydrogen) atoms. The highest BCUT2D eigenvalue weighted by Gasteiger charge is 2.12. The number of aromatic nitrogens is 3. The number of thioether (sulfide) groups is 1. The smallest absolute Gasteiger partial charge is 0.387 e. The molecule has 0 aliphatic rings. The van der Waals surface area contributed by atoms with Crippen LogP contribution in [-0.2, 0) is 5.75 Å². The molecule has 2 aromatic heterocycles. The number of ether oxygens (including phenoxy) is 2. The number of carbonyl (C=O) groups excluding carboxylic acids is 1. The second-order valence-corrected chi connectivity index (χ2v) is 5.84. The number of alkyl halides is 2. The number of nitrogens with zero attached hydrogens (tertiary/aromatic N) is 2. The molecule has 0 fully saturated rings. The van der Waals surface area contributed by atoms with Crippen LogP contribution in [0.4, 0.5) is 8.78 Å². The van der Waals surface area contributed by atoms with E-state index < -0.39 is 6.61 Å². The maximum Gasteiger partial charge on any atom is 0.387 e. The van der Waals surface area contributed by atoms with Crippen molar-refractivity contribution in [3.8, 4) is 11.5 Å². The zero-order valence-corrected chi connectivity index (χ0v) is 13.8. The van der Waals surface area contributed by atoms with Crippen LogP contribution in [0, 0.1) is 0 Å². The Labute approximate surface area is 145 Å². The predicted octanol–water partition coefficient (Wildman–Crippen LogP) is 3.67. The third kappa shape index (κ3) is 3.87. The molecular weight excluding hydrogens is 352 g/mol. The first-order valence-electron chi connectivity index (χ1n) is 7.15. The molecule has 0 amide bonds. The highest BCUT2D eigenvalue weighted by molar-refractivity contribution is 7.98. The van der Waals surface area contributed by atoms with Crippen molar-refractivity contribution in [1.82, 2.24) is 15.0 Å². The number of fused-ring (bicyclic) bond motifs is 1. The van der Waals surface area contributed by atoms with Crippen molar-refractivity contribution in [2.75, 3.05) is 7.11 Å². The van der Waals surface area contributed by atoms with Crippen molar-refractivity contribution in [3.05, 3.63) is 41.7 Å². The van der Waals surface area contributed by atoms with Crippen molar-refractivity contribution < 1.29 is 23.0 Å². The quantitative estimate of drug-likeness (QED) is 0.508. The Hall–Kier alpha value is -2.68. The van der Waals surface area contributed by atoms with E-state index in [1.807, 2.05) is 0 Å². The van der Waals surface area contributed by atoms with Crippen LogP contribution in [0.5, 0.6) is 11.5 Å². The summed E-state index contributed by atoms with van der Waals surface area (Å²) in [5, 5.41) is 0.575. The van der Waals surface area contributed by atoms with Crippen LogP contribution in [-0.4, -0.2) is 35.0 Å². The Kier molecular flexibility index (Phi) is 5.13. The van der Waals surface area contributed by atoms with Crippen molar-refractivity contribution in [2.24, 2.45) is 0 Å². The van der Waals surface area contributed by atoms with E-state index in [1.54, 1.807) is 18.3 Å². The van der Waals surface area contributed by atoms with E-state index in [1.165, 1.54) is 31.0 Å². The molecule has 0 aliphatic carbocycles. The molecule has 1 aromatic carbocycles. The molecule has 0 radical (unpaired) electrons. The van der Waals surface area contributed by atoms with Gasteiger partial charge in [-0.05, 0) is 18.2 Å². The average molecular weight is 365 g/mol. The molecule has 6 nitrogen and oxygen atoms in total. The number of carbonyl (C=O) groups is 1. The van der Waals surface area contributed by atoms with Gasteiger partial charge in [-0.3, -0.25) is 9.78 Å². The zero-order valence-electron chi connectivity index (χ0n) is 13.0. The fraction of sp³-hybridized carbons (Fsp3) is 0.188. The molecule has 0 unspecified atom stereocenters. The van der Waals surface area contributed by atoms with Crippen LogP contribution < -0.4 is 9.47 Å². The van der Waals surface area contributed by atoms with Gasteiger partial charge in [-0.25, -0.2) is 4.98 Å². The zero-order chi connectivity index (χ0) is 17.8. The Balaban J connectivity index is 1.79. The molecule has 0 bridgehead atoms. The fourth-order valence-electron chi connectivity index (χ4n) is 2.26. The maximum absolute atomic E-state index is 12.3. The summed E-state index contributed by atoms with van der Waals surface area (Å²) < 4.78 is 34.0. The van der Waals surface area contributed by atoms with Gasteiger partial charge in [0.2, 0.25) is 0 Å². The largest absolute Gasteiger partial charge is 0.496 e. The summed E-state index contributed by atoms with van der Waals surface area (Å²) >= 11 is 1.34. The number of pyridine rings is 1. The molecule has 9 heteroatoms. The summed E-state index contributed by atoms with van der Waals surface area (Å²) in [5.41, 5.74) is 2.16. The van der Waals surface area contributed by atoms with Crippen LogP contribution in [0.25, 0.3) is 11.0 Å². The SMILES string of the molecule is COc1ccnc(CSc2nc3ccc(OC(F)F)cc3[nH]2)c1C=O. The van der Waals surface area contributed by atoms with Gasteiger partial charge in [0, 0.05) is 18.0 Å². The standard InChI is InChI=1S/C16H13F2N3O3S/c1-23-14-4-5-19-13(10(14)7-22)8-25-16-20-11-3-2-9(24-15(17)18)6-12(11)21-16/h2-7,15H,8H2,1H3,(H,20,21). The Morgan fingerprint density at radius 1 is 1.36 bits per heavy atom. The third-order valence-electron chi connectivity index (χ3n) is 3.37. The number of H-pyrrole nitrogens is 1. The summed E-state index contributed by atoms with van der Waals surface area (Å²) in [6.07, 6.45) is 2.27. The topological polar surface area (TPSA) is 77.1 Å². The number of benzene rings is 1. The average Bonchev–Trinajstić information content (AvgIpc) is 3.01. The van der Waals surface area contributed by atoms with E-state index in [-0.39, 0.29) is 5.75 Å². The van der Waals surface area contributed by atoms with Gasteiger partial charge in [0.15, 0.2) is 11.4 Å². The molecule has 3 rings (SSSR count). The number of hydrogen-bond acceptors (Lipinski definition) is 6. The predicted molar refractivity (Wildman–Crippen MR) is 88.5 cm³/mol. The van der Waals surface area contributed by atoms with Gasteiger partial charge < -0.3 is 14.5 Å². The number of hydrogen-bond donors (Lipinski definition) is 1. The van der Waals surface area contributed by atoms with Crippen LogP contribution >= 0.6 is 11.8 Å². The van der Waals surface area contributed by atoms with Crippen LogP contribution in [0.15, 0.2) is 35.6 Å². The van der Waals surface area contributed by atoms with Crippen LogP contribution in [0.3, 0.4) is 0 Å². The first kappa shape index (κ1) is 17.2. The third-order valence-corrected chi connectivity index (χ3v) is 4.26. The number of imidazole rings is 1. The van der Waals surface area contributed by atoms with E-state index in [0.29, 0.717) is 45.2 Å². The summed E-state index contributed by atoms with van der Waals surface area (Å²) in [6.45, 7) is -2.88. The fourth-order valence-corrected chi connectivity index (χ4v) is 3.11. The van der Waals surface area contributed by atoms with E-state index in [4.69, 9.17) is 4.74 Å². The van der Waals surface area contributed by atoms with Crippen molar-refractivity contribution in [3.63, 3.8) is 0 Å². The summed E-state index contributed by atoms with van der Waals surface area (Å²) in [7, 11) is 1.48. The molecule has 0 spiro atoms. The number of halogens is 2. The highest BCUT2D eigenvalue weighted by Crippen LogP contribution is 2.28. The minimum Gasteiger partial charge on any atom is -0.496 e. The van der Waals surface area contributed by atoms with Gasteiger partial charge in [0.25, 0.3) is 0 Å². The molecule has 1 N–H and O–H groups in total. The number of aldehydes is 1.